The highest BCUT2D eigenvalue weighted by Gasteiger charge is 2.36. The Balaban J connectivity index is 2.61. The van der Waals surface area contributed by atoms with Crippen LogP contribution in [0.3, 0.4) is 0 Å². The summed E-state index contributed by atoms with van der Waals surface area (Å²) in [7, 11) is 0. The molecular formula is C12H19NO4. The van der Waals surface area contributed by atoms with Crippen LogP contribution < -0.4 is 0 Å². The van der Waals surface area contributed by atoms with Gasteiger partial charge in [0, 0.05) is 13.5 Å². The zero-order valence-electron chi connectivity index (χ0n) is 10.8. The van der Waals surface area contributed by atoms with Crippen LogP contribution in [0.15, 0.2) is 0 Å². The Morgan fingerprint density at radius 2 is 1.94 bits per heavy atom. The van der Waals surface area contributed by atoms with E-state index in [2.05, 4.69) is 0 Å². The van der Waals surface area contributed by atoms with Crippen LogP contribution in [0.2, 0.25) is 0 Å². The van der Waals surface area contributed by atoms with E-state index in [9.17, 15) is 14.4 Å². The Labute approximate surface area is 101 Å². The zero-order valence-corrected chi connectivity index (χ0v) is 10.8. The van der Waals surface area contributed by atoms with Gasteiger partial charge in [0.1, 0.15) is 11.5 Å². The average Bonchev–Trinajstić information content (AvgIpc) is 2.14. The molecule has 0 bridgehead atoms. The minimum absolute atomic E-state index is 0.0131. The molecule has 1 unspecified atom stereocenters. The van der Waals surface area contributed by atoms with Gasteiger partial charge in [-0.15, -0.1) is 0 Å². The molecule has 0 aromatic rings. The first kappa shape index (κ1) is 13.7. The average molecular weight is 241 g/mol. The lowest BCUT2D eigenvalue weighted by molar-refractivity contribution is -0.165. The van der Waals surface area contributed by atoms with Crippen LogP contribution in [0.4, 0.5) is 0 Å². The summed E-state index contributed by atoms with van der Waals surface area (Å²) in [6.45, 7) is 7.16. The summed E-state index contributed by atoms with van der Waals surface area (Å²) in [5.41, 5.74) is -0.588. The molecule has 0 saturated carbocycles. The van der Waals surface area contributed by atoms with E-state index in [4.69, 9.17) is 4.74 Å². The van der Waals surface area contributed by atoms with Gasteiger partial charge in [0.2, 0.25) is 5.91 Å². The Morgan fingerprint density at radius 3 is 2.35 bits per heavy atom. The second kappa shape index (κ2) is 4.85. The van der Waals surface area contributed by atoms with Crippen LogP contribution in [0.25, 0.3) is 0 Å². The predicted molar refractivity (Wildman–Crippen MR) is 61.2 cm³/mol. The molecule has 5 nitrogen and oxygen atoms in total. The van der Waals surface area contributed by atoms with Crippen molar-refractivity contribution >= 4 is 17.7 Å². The lowest BCUT2D eigenvalue weighted by Crippen LogP contribution is -2.46. The summed E-state index contributed by atoms with van der Waals surface area (Å²) in [6.07, 6.45) is 0.354. The van der Waals surface area contributed by atoms with Crippen molar-refractivity contribution in [1.82, 2.24) is 4.90 Å². The molecule has 1 saturated heterocycles. The van der Waals surface area contributed by atoms with Crippen LogP contribution in [0.1, 0.15) is 34.1 Å². The molecule has 1 fully saturated rings. The lowest BCUT2D eigenvalue weighted by Gasteiger charge is -2.30. The van der Waals surface area contributed by atoms with Gasteiger partial charge in [0.05, 0.1) is 6.54 Å². The number of ether oxygens (including phenoxy) is 1. The SMILES string of the molecule is CC(=O)N1CCC(C(=O)OC(C)(C)C)C(=O)C1. The second-order valence-corrected chi connectivity index (χ2v) is 5.28. The summed E-state index contributed by atoms with van der Waals surface area (Å²) >= 11 is 0. The highest BCUT2D eigenvalue weighted by Crippen LogP contribution is 2.19. The molecule has 5 heteroatoms. The van der Waals surface area contributed by atoms with Gasteiger partial charge >= 0.3 is 5.97 Å². The number of amides is 1. The number of hydrogen-bond donors (Lipinski definition) is 0. The molecule has 17 heavy (non-hydrogen) atoms. The van der Waals surface area contributed by atoms with Gasteiger partial charge in [-0.1, -0.05) is 0 Å². The molecule has 0 aliphatic carbocycles. The number of carbonyl (C=O) groups is 3. The molecule has 0 N–H and O–H groups in total. The molecular weight excluding hydrogens is 222 g/mol. The molecule has 0 aromatic heterocycles. The van der Waals surface area contributed by atoms with E-state index in [1.165, 1.54) is 11.8 Å². The number of ketones is 1. The van der Waals surface area contributed by atoms with Crippen LogP contribution >= 0.6 is 0 Å². The second-order valence-electron chi connectivity index (χ2n) is 5.28. The van der Waals surface area contributed by atoms with Gasteiger partial charge in [-0.25, -0.2) is 0 Å². The molecule has 1 rings (SSSR count). The fourth-order valence-electron chi connectivity index (χ4n) is 1.71. The predicted octanol–water partition coefficient (Wildman–Crippen LogP) is 0.766. The first-order chi connectivity index (χ1) is 7.70. The Hall–Kier alpha value is -1.39. The molecule has 1 aliphatic heterocycles. The zero-order chi connectivity index (χ0) is 13.2. The monoisotopic (exact) mass is 241 g/mol. The molecule has 1 amide bonds. The van der Waals surface area contributed by atoms with Crippen molar-refractivity contribution < 1.29 is 19.1 Å². The maximum Gasteiger partial charge on any atom is 0.317 e. The summed E-state index contributed by atoms with van der Waals surface area (Å²) in [6, 6.07) is 0. The summed E-state index contributed by atoms with van der Waals surface area (Å²) in [5.74, 6) is -1.57. The van der Waals surface area contributed by atoms with Crippen molar-refractivity contribution in [3.8, 4) is 0 Å². The Kier molecular flexibility index (Phi) is 3.91. The maximum atomic E-state index is 11.8. The van der Waals surface area contributed by atoms with Crippen molar-refractivity contribution in [2.24, 2.45) is 5.92 Å². The molecule has 96 valence electrons. The van der Waals surface area contributed by atoms with E-state index >= 15 is 0 Å². The van der Waals surface area contributed by atoms with E-state index in [0.29, 0.717) is 13.0 Å². The Morgan fingerprint density at radius 1 is 1.35 bits per heavy atom. The minimum atomic E-state index is -0.718. The normalized spacial score (nSPS) is 21.3. The van der Waals surface area contributed by atoms with Crippen LogP contribution in [0.5, 0.6) is 0 Å². The van der Waals surface area contributed by atoms with E-state index in [1.807, 2.05) is 0 Å². The molecule has 1 atom stereocenters. The van der Waals surface area contributed by atoms with Gasteiger partial charge < -0.3 is 9.64 Å². The number of nitrogens with zero attached hydrogens (tertiary/aromatic N) is 1. The fourth-order valence-corrected chi connectivity index (χ4v) is 1.71. The van der Waals surface area contributed by atoms with Gasteiger partial charge in [0.15, 0.2) is 5.78 Å². The standard InChI is InChI=1S/C12H19NO4/c1-8(14)13-6-5-9(10(15)7-13)11(16)17-12(2,3)4/h9H,5-7H2,1-4H3. The fraction of sp³-hybridized carbons (Fsp3) is 0.750. The van der Waals surface area contributed by atoms with Crippen molar-refractivity contribution in [3.05, 3.63) is 0 Å². The highest BCUT2D eigenvalue weighted by molar-refractivity contribution is 6.01. The summed E-state index contributed by atoms with van der Waals surface area (Å²) in [5, 5.41) is 0. The van der Waals surface area contributed by atoms with Crippen LogP contribution in [0, 0.1) is 5.92 Å². The van der Waals surface area contributed by atoms with Crippen LogP contribution in [-0.2, 0) is 19.1 Å². The van der Waals surface area contributed by atoms with Crippen molar-refractivity contribution in [2.75, 3.05) is 13.1 Å². The number of Topliss-reactive ketones (excluding diaryl/α,β-unsaturated/α-hetero) is 1. The number of rotatable bonds is 1. The van der Waals surface area contributed by atoms with Crippen molar-refractivity contribution in [3.63, 3.8) is 0 Å². The van der Waals surface area contributed by atoms with Gasteiger partial charge in [-0.05, 0) is 27.2 Å². The maximum absolute atomic E-state index is 11.8. The first-order valence-electron chi connectivity index (χ1n) is 5.72. The van der Waals surface area contributed by atoms with E-state index in [-0.39, 0.29) is 18.2 Å². The lowest BCUT2D eigenvalue weighted by atomic mass is 9.95. The van der Waals surface area contributed by atoms with Crippen molar-refractivity contribution in [1.29, 1.82) is 0 Å². The smallest absolute Gasteiger partial charge is 0.317 e. The summed E-state index contributed by atoms with van der Waals surface area (Å²) < 4.78 is 5.18. The van der Waals surface area contributed by atoms with E-state index < -0.39 is 17.5 Å². The topological polar surface area (TPSA) is 63.7 Å². The van der Waals surface area contributed by atoms with Gasteiger partial charge in [0.25, 0.3) is 0 Å². The first-order valence-corrected chi connectivity index (χ1v) is 5.72. The molecule has 1 aliphatic rings. The van der Waals surface area contributed by atoms with E-state index in [1.54, 1.807) is 20.8 Å². The van der Waals surface area contributed by atoms with Gasteiger partial charge in [-0.3, -0.25) is 14.4 Å². The number of likely N-dealkylation sites (tertiary alicyclic amines) is 1. The third-order valence-corrected chi connectivity index (χ3v) is 2.56. The molecule has 0 spiro atoms. The highest BCUT2D eigenvalue weighted by atomic mass is 16.6. The molecule has 0 radical (unpaired) electrons. The Bertz CT molecular complexity index is 343. The molecule has 1 heterocycles. The summed E-state index contributed by atoms with van der Waals surface area (Å²) in [4.78, 5) is 36.1. The van der Waals surface area contributed by atoms with Gasteiger partial charge in [-0.2, -0.15) is 0 Å². The molecule has 0 aromatic carbocycles. The van der Waals surface area contributed by atoms with Crippen LogP contribution in [-0.4, -0.2) is 41.3 Å². The largest absolute Gasteiger partial charge is 0.459 e. The number of carbonyl (C=O) groups excluding carboxylic acids is 3. The van der Waals surface area contributed by atoms with Crippen molar-refractivity contribution in [2.45, 2.75) is 39.7 Å². The number of esters is 1. The number of piperidine rings is 1. The third kappa shape index (κ3) is 3.84. The van der Waals surface area contributed by atoms with E-state index in [0.717, 1.165) is 0 Å². The minimum Gasteiger partial charge on any atom is -0.459 e. The third-order valence-electron chi connectivity index (χ3n) is 2.56. The quantitative estimate of drug-likeness (QED) is 0.502. The number of hydrogen-bond acceptors (Lipinski definition) is 4.